The predicted molar refractivity (Wildman–Crippen MR) is 125 cm³/mol. The van der Waals surface area contributed by atoms with Gasteiger partial charge in [0.25, 0.3) is 5.89 Å². The van der Waals surface area contributed by atoms with Crippen LogP contribution in [-0.4, -0.2) is 64.7 Å². The summed E-state index contributed by atoms with van der Waals surface area (Å²) in [7, 11) is 2.16. The van der Waals surface area contributed by atoms with Crippen LogP contribution in [0.1, 0.15) is 30.5 Å². The molecule has 33 heavy (non-hydrogen) atoms. The predicted octanol–water partition coefficient (Wildman–Crippen LogP) is 3.06. The minimum Gasteiger partial charge on any atom is -0.490 e. The van der Waals surface area contributed by atoms with Gasteiger partial charge in [0.05, 0.1) is 24.9 Å². The molecule has 2 aromatic carbocycles. The number of ether oxygens (including phenoxy) is 1. The first-order chi connectivity index (χ1) is 15.9. The van der Waals surface area contributed by atoms with Crippen molar-refractivity contribution in [2.45, 2.75) is 32.8 Å². The van der Waals surface area contributed by atoms with Gasteiger partial charge in [-0.05, 0) is 69.1 Å². The van der Waals surface area contributed by atoms with Crippen LogP contribution in [0, 0.1) is 11.3 Å². The van der Waals surface area contributed by atoms with Crippen LogP contribution in [0.5, 0.6) is 5.75 Å². The zero-order valence-corrected chi connectivity index (χ0v) is 19.3. The number of aliphatic hydroxyl groups excluding tert-OH is 2. The lowest BCUT2D eigenvalue weighted by molar-refractivity contribution is 0.186. The molecule has 0 amide bonds. The lowest BCUT2D eigenvalue weighted by Gasteiger charge is -2.11. The second-order valence-electron chi connectivity index (χ2n) is 8.15. The Balaban J connectivity index is 0.000000709. The number of hydrogen-bond donors (Lipinski definition) is 2. The van der Waals surface area contributed by atoms with E-state index >= 15 is 0 Å². The summed E-state index contributed by atoms with van der Waals surface area (Å²) in [6.45, 7) is 5.74. The van der Waals surface area contributed by atoms with Crippen LogP contribution < -0.4 is 4.74 Å². The van der Waals surface area contributed by atoms with Crippen molar-refractivity contribution in [1.29, 1.82) is 5.26 Å². The second kappa shape index (κ2) is 11.6. The van der Waals surface area contributed by atoms with Gasteiger partial charge >= 0.3 is 0 Å². The molecule has 0 aliphatic carbocycles. The van der Waals surface area contributed by atoms with Gasteiger partial charge in [0.2, 0.25) is 5.82 Å². The number of aliphatic hydroxyl groups is 2. The molecule has 1 aliphatic rings. The highest BCUT2D eigenvalue weighted by Crippen LogP contribution is 2.29. The first kappa shape index (κ1) is 24.4. The van der Waals surface area contributed by atoms with E-state index in [0.717, 1.165) is 31.5 Å². The third-order valence-corrected chi connectivity index (χ3v) is 5.23. The third kappa shape index (κ3) is 6.39. The fourth-order valence-electron chi connectivity index (χ4n) is 3.54. The number of nitrogens with zero attached hydrogens (tertiary/aromatic N) is 4. The standard InChI is InChI=1S/C23H24N4O2.C2H6O2/c1-15(2)28-21-7-6-19(13-20(21)14-24)23-25-22(26-29-23)18-5-4-16-8-10-27(3)11-9-17(16)12-18;3-1-2-4/h4-7,12-13,15H,8-11H2,1-3H3;3-4H,1-2H2. The van der Waals surface area contributed by atoms with Crippen LogP contribution in [0.2, 0.25) is 0 Å². The van der Waals surface area contributed by atoms with Crippen molar-refractivity contribution < 1.29 is 19.5 Å². The topological polar surface area (TPSA) is 116 Å². The molecule has 0 atom stereocenters. The Kier molecular flexibility index (Phi) is 8.55. The molecule has 2 heterocycles. The highest BCUT2D eigenvalue weighted by Gasteiger charge is 2.16. The lowest BCUT2D eigenvalue weighted by Crippen LogP contribution is -2.20. The number of likely N-dealkylation sites (N-methyl/N-ethyl adjacent to an activating group) is 1. The van der Waals surface area contributed by atoms with Crippen molar-refractivity contribution in [2.75, 3.05) is 33.4 Å². The van der Waals surface area contributed by atoms with Crippen LogP contribution in [0.25, 0.3) is 22.8 Å². The molecule has 0 saturated carbocycles. The molecular weight excluding hydrogens is 420 g/mol. The van der Waals surface area contributed by atoms with Gasteiger partial charge in [-0.2, -0.15) is 10.2 Å². The maximum absolute atomic E-state index is 9.44. The van der Waals surface area contributed by atoms with Crippen molar-refractivity contribution in [2.24, 2.45) is 0 Å². The van der Waals surface area contributed by atoms with Crippen LogP contribution >= 0.6 is 0 Å². The van der Waals surface area contributed by atoms with Crippen LogP contribution in [0.3, 0.4) is 0 Å². The number of aromatic nitrogens is 2. The second-order valence-corrected chi connectivity index (χ2v) is 8.15. The number of benzene rings is 2. The Morgan fingerprint density at radius 2 is 1.76 bits per heavy atom. The van der Waals surface area contributed by atoms with Gasteiger partial charge in [-0.3, -0.25) is 0 Å². The van der Waals surface area contributed by atoms with Gasteiger partial charge in [-0.25, -0.2) is 0 Å². The molecule has 4 rings (SSSR count). The van der Waals surface area contributed by atoms with Crippen LogP contribution in [0.15, 0.2) is 40.9 Å². The van der Waals surface area contributed by atoms with Gasteiger partial charge in [-0.1, -0.05) is 17.3 Å². The zero-order chi connectivity index (χ0) is 23.8. The first-order valence-electron chi connectivity index (χ1n) is 11.0. The molecule has 0 saturated heterocycles. The van der Waals surface area contributed by atoms with Crippen molar-refractivity contribution >= 4 is 0 Å². The van der Waals surface area contributed by atoms with E-state index in [1.165, 1.54) is 11.1 Å². The minimum atomic E-state index is -0.125. The maximum atomic E-state index is 9.44. The molecule has 1 aliphatic heterocycles. The monoisotopic (exact) mass is 450 g/mol. The highest BCUT2D eigenvalue weighted by atomic mass is 16.5. The molecular formula is C25H30N4O4. The molecule has 8 heteroatoms. The highest BCUT2D eigenvalue weighted by molar-refractivity contribution is 5.64. The Bertz CT molecular complexity index is 1100. The van der Waals surface area contributed by atoms with Gasteiger partial charge in [0.15, 0.2) is 0 Å². The molecule has 174 valence electrons. The number of fused-ring (bicyclic) bond motifs is 1. The van der Waals surface area contributed by atoms with E-state index in [1.54, 1.807) is 12.1 Å². The molecule has 0 spiro atoms. The summed E-state index contributed by atoms with van der Waals surface area (Å²) in [6, 6.07) is 13.9. The lowest BCUT2D eigenvalue weighted by atomic mass is 10.00. The molecule has 0 radical (unpaired) electrons. The van der Waals surface area contributed by atoms with Crippen LogP contribution in [0.4, 0.5) is 0 Å². The van der Waals surface area contributed by atoms with Gasteiger partial charge < -0.3 is 24.4 Å². The summed E-state index contributed by atoms with van der Waals surface area (Å²) in [6.07, 6.45) is 2.08. The van der Waals surface area contributed by atoms with Crippen molar-refractivity contribution in [3.05, 3.63) is 53.1 Å². The van der Waals surface area contributed by atoms with E-state index in [-0.39, 0.29) is 19.3 Å². The van der Waals surface area contributed by atoms with E-state index in [9.17, 15) is 5.26 Å². The molecule has 8 nitrogen and oxygen atoms in total. The summed E-state index contributed by atoms with van der Waals surface area (Å²) in [5.74, 6) is 1.50. The summed E-state index contributed by atoms with van der Waals surface area (Å²) in [5, 5.41) is 28.9. The fourth-order valence-corrected chi connectivity index (χ4v) is 3.54. The molecule has 2 N–H and O–H groups in total. The molecule has 1 aromatic heterocycles. The molecule has 0 unspecified atom stereocenters. The van der Waals surface area contributed by atoms with E-state index in [4.69, 9.17) is 19.5 Å². The minimum absolute atomic E-state index is 0.00375. The summed E-state index contributed by atoms with van der Waals surface area (Å²) in [5.41, 5.74) is 4.84. The molecule has 3 aromatic rings. The average Bonchev–Trinajstić information content (AvgIpc) is 3.24. The first-order valence-corrected chi connectivity index (χ1v) is 11.0. The van der Waals surface area contributed by atoms with E-state index in [2.05, 4.69) is 46.4 Å². The van der Waals surface area contributed by atoms with Crippen molar-refractivity contribution in [3.63, 3.8) is 0 Å². The summed E-state index contributed by atoms with van der Waals surface area (Å²) >= 11 is 0. The van der Waals surface area contributed by atoms with Crippen molar-refractivity contribution in [3.8, 4) is 34.7 Å². The average molecular weight is 451 g/mol. The largest absolute Gasteiger partial charge is 0.490 e. The van der Waals surface area contributed by atoms with Crippen LogP contribution in [-0.2, 0) is 12.8 Å². The summed E-state index contributed by atoms with van der Waals surface area (Å²) in [4.78, 5) is 6.92. The van der Waals surface area contributed by atoms with Gasteiger partial charge in [0, 0.05) is 24.2 Å². The van der Waals surface area contributed by atoms with Gasteiger partial charge in [-0.15, -0.1) is 0 Å². The Hall–Kier alpha value is -3.25. The third-order valence-electron chi connectivity index (χ3n) is 5.23. The van der Waals surface area contributed by atoms with Crippen molar-refractivity contribution in [1.82, 2.24) is 15.0 Å². The molecule has 0 bridgehead atoms. The zero-order valence-electron chi connectivity index (χ0n) is 19.3. The fraction of sp³-hybridized carbons (Fsp3) is 0.400. The normalized spacial score (nSPS) is 13.5. The van der Waals surface area contributed by atoms with Gasteiger partial charge in [0.1, 0.15) is 11.8 Å². The summed E-state index contributed by atoms with van der Waals surface area (Å²) < 4.78 is 11.2. The smallest absolute Gasteiger partial charge is 0.258 e. The van der Waals surface area contributed by atoms with E-state index < -0.39 is 0 Å². The Morgan fingerprint density at radius 3 is 2.42 bits per heavy atom. The molecule has 0 fully saturated rings. The number of nitriles is 1. The van der Waals surface area contributed by atoms with E-state index in [0.29, 0.717) is 28.6 Å². The maximum Gasteiger partial charge on any atom is 0.258 e. The Morgan fingerprint density at radius 1 is 1.06 bits per heavy atom. The SMILES string of the molecule is CC(C)Oc1ccc(-c2nc(-c3ccc4c(c3)CCN(C)CC4)no2)cc1C#N.OCCO. The Labute approximate surface area is 194 Å². The number of hydrogen-bond acceptors (Lipinski definition) is 8. The number of rotatable bonds is 5. The van der Waals surface area contributed by atoms with E-state index in [1.807, 2.05) is 19.9 Å². The quantitative estimate of drug-likeness (QED) is 0.609.